The van der Waals surface area contributed by atoms with Gasteiger partial charge in [0.05, 0.1) is 12.7 Å². The number of hydrogen-bond acceptors (Lipinski definition) is 4. The smallest absolute Gasteiger partial charge is 0.335 e. The minimum absolute atomic E-state index is 0.115. The predicted octanol–water partition coefficient (Wildman–Crippen LogP) is 7.36. The molecular formula is C29H46ClNO3Si. The standard InChI is InChI=1S/C29H46ClNO3Si/c1-21-11-14-25(34-35(5,6)28(2,3)4)19-23(30)15-18-33-27(32)22-12-13-24-9-7-16-29(31(24)20-22)17-8-10-26(21)29/h11-12,14,19,21,24-26H,7-10,13,15-18,20H2,1-6H3/b14-11+,23-19-/t21-,24+,25+,26+,29+/m0/s1. The molecule has 1 saturated heterocycles. The number of esters is 1. The van der Waals surface area contributed by atoms with Crippen molar-refractivity contribution in [2.24, 2.45) is 11.8 Å². The van der Waals surface area contributed by atoms with Crippen LogP contribution in [0.4, 0.5) is 0 Å². The second kappa shape index (κ2) is 10.5. The van der Waals surface area contributed by atoms with Crippen molar-refractivity contribution in [1.29, 1.82) is 0 Å². The van der Waals surface area contributed by atoms with Crippen LogP contribution in [0.15, 0.2) is 34.9 Å². The molecule has 196 valence electrons. The number of ether oxygens (including phenoxy) is 1. The number of nitrogens with zero attached hydrogens (tertiary/aromatic N) is 1. The zero-order valence-corrected chi connectivity index (χ0v) is 24.5. The molecule has 4 aliphatic rings. The number of carbonyl (C=O) groups is 1. The summed E-state index contributed by atoms with van der Waals surface area (Å²) in [5, 5.41) is 0.811. The van der Waals surface area contributed by atoms with Gasteiger partial charge in [-0.15, -0.1) is 0 Å². The van der Waals surface area contributed by atoms with Crippen LogP contribution in [-0.4, -0.2) is 50.0 Å². The zero-order chi connectivity index (χ0) is 25.4. The predicted molar refractivity (Wildman–Crippen MR) is 147 cm³/mol. The number of rotatable bonds is 2. The lowest BCUT2D eigenvalue weighted by Gasteiger charge is -2.55. The highest BCUT2D eigenvalue weighted by atomic mass is 35.5. The Labute approximate surface area is 219 Å². The maximum Gasteiger partial charge on any atom is 0.335 e. The van der Waals surface area contributed by atoms with Gasteiger partial charge in [0.2, 0.25) is 0 Å². The Morgan fingerprint density at radius 3 is 2.60 bits per heavy atom. The number of allylic oxidation sites excluding steroid dienone is 1. The Morgan fingerprint density at radius 2 is 1.89 bits per heavy atom. The number of fused-ring (bicyclic) bond motifs is 1. The van der Waals surface area contributed by atoms with Crippen LogP contribution in [0, 0.1) is 11.8 Å². The van der Waals surface area contributed by atoms with Crippen LogP contribution in [0.3, 0.4) is 0 Å². The Kier molecular flexibility index (Phi) is 8.13. The second-order valence-corrected chi connectivity index (χ2v) is 18.1. The van der Waals surface area contributed by atoms with E-state index in [1.54, 1.807) is 0 Å². The molecule has 4 nitrogen and oxygen atoms in total. The van der Waals surface area contributed by atoms with Gasteiger partial charge in [0, 0.05) is 35.2 Å². The van der Waals surface area contributed by atoms with Crippen LogP contribution >= 0.6 is 11.6 Å². The number of cyclic esters (lactones) is 1. The topological polar surface area (TPSA) is 38.8 Å². The Hall–Kier alpha value is -0.883. The quantitative estimate of drug-likeness (QED) is 0.217. The Bertz CT molecular complexity index is 889. The van der Waals surface area contributed by atoms with Crippen molar-refractivity contribution >= 4 is 25.9 Å². The summed E-state index contributed by atoms with van der Waals surface area (Å²) in [4.78, 5) is 15.7. The Morgan fingerprint density at radius 1 is 1.17 bits per heavy atom. The van der Waals surface area contributed by atoms with E-state index >= 15 is 0 Å². The van der Waals surface area contributed by atoms with E-state index in [2.05, 4.69) is 63.9 Å². The van der Waals surface area contributed by atoms with Gasteiger partial charge in [-0.1, -0.05) is 70.4 Å². The molecule has 0 radical (unpaired) electrons. The zero-order valence-electron chi connectivity index (χ0n) is 22.7. The van der Waals surface area contributed by atoms with Crippen LogP contribution in [0.25, 0.3) is 0 Å². The van der Waals surface area contributed by atoms with Crippen LogP contribution in [0.2, 0.25) is 18.1 Å². The van der Waals surface area contributed by atoms with Gasteiger partial charge in [-0.2, -0.15) is 0 Å². The lowest BCUT2D eigenvalue weighted by Crippen LogP contribution is -2.61. The molecular weight excluding hydrogens is 474 g/mol. The van der Waals surface area contributed by atoms with Crippen molar-refractivity contribution in [2.45, 2.75) is 115 Å². The molecule has 6 heteroatoms. The fourth-order valence-electron chi connectivity index (χ4n) is 6.67. The fourth-order valence-corrected chi connectivity index (χ4v) is 8.06. The van der Waals surface area contributed by atoms with E-state index in [1.807, 2.05) is 6.08 Å². The molecule has 0 aromatic rings. The van der Waals surface area contributed by atoms with E-state index in [9.17, 15) is 4.79 Å². The SMILES string of the molecule is C[C@H]1/C=C/[C@@H](O[Si](C)(C)C(C)(C)C)/C=C(\Cl)CCOC(=O)C2=CC[C@H]3CCC[C@]4(CCC[C@H]14)N3C2. The molecule has 0 N–H and O–H groups in total. The summed E-state index contributed by atoms with van der Waals surface area (Å²) < 4.78 is 12.5. The third-order valence-corrected chi connectivity index (χ3v) is 14.4. The third-order valence-electron chi connectivity index (χ3n) is 9.61. The first-order chi connectivity index (χ1) is 16.4. The highest BCUT2D eigenvalue weighted by Crippen LogP contribution is 2.52. The van der Waals surface area contributed by atoms with Gasteiger partial charge >= 0.3 is 5.97 Å². The summed E-state index contributed by atoms with van der Waals surface area (Å²) >= 11 is 6.65. The molecule has 1 aliphatic carbocycles. The maximum absolute atomic E-state index is 13.0. The molecule has 2 fully saturated rings. The van der Waals surface area contributed by atoms with Gasteiger partial charge in [-0.25, -0.2) is 4.79 Å². The molecule has 3 aliphatic heterocycles. The summed E-state index contributed by atoms with van der Waals surface area (Å²) in [6.07, 6.45) is 17.7. The number of hydrogen-bond donors (Lipinski definition) is 0. The average molecular weight is 520 g/mol. The molecule has 0 unspecified atom stereocenters. The number of carbonyl (C=O) groups excluding carboxylic acids is 1. The van der Waals surface area contributed by atoms with Crippen molar-refractivity contribution in [1.82, 2.24) is 4.90 Å². The first-order valence-corrected chi connectivity index (χ1v) is 17.1. The first-order valence-electron chi connectivity index (χ1n) is 13.8. The van der Waals surface area contributed by atoms with E-state index < -0.39 is 8.32 Å². The van der Waals surface area contributed by atoms with Crippen molar-refractivity contribution < 1.29 is 14.0 Å². The number of halogens is 1. The summed E-state index contributed by atoms with van der Waals surface area (Å²) in [7, 11) is -1.99. The van der Waals surface area contributed by atoms with E-state index in [-0.39, 0.29) is 22.7 Å². The molecule has 4 rings (SSSR count). The molecule has 2 bridgehead atoms. The molecule has 1 saturated carbocycles. The van der Waals surface area contributed by atoms with Crippen molar-refractivity contribution in [3.05, 3.63) is 34.9 Å². The van der Waals surface area contributed by atoms with Gasteiger partial charge in [0.1, 0.15) is 0 Å². The van der Waals surface area contributed by atoms with Gasteiger partial charge in [0.15, 0.2) is 8.32 Å². The van der Waals surface area contributed by atoms with E-state index in [4.69, 9.17) is 20.8 Å². The van der Waals surface area contributed by atoms with Gasteiger partial charge in [-0.05, 0) is 68.1 Å². The molecule has 0 aromatic carbocycles. The summed E-state index contributed by atoms with van der Waals surface area (Å²) in [5.41, 5.74) is 1.03. The van der Waals surface area contributed by atoms with Crippen molar-refractivity contribution in [3.8, 4) is 0 Å². The summed E-state index contributed by atoms with van der Waals surface area (Å²) in [6, 6.07) is 0.554. The second-order valence-electron chi connectivity index (χ2n) is 12.8. The van der Waals surface area contributed by atoms with Crippen LogP contribution < -0.4 is 0 Å². The van der Waals surface area contributed by atoms with E-state index in [0.29, 0.717) is 35.9 Å². The van der Waals surface area contributed by atoms with Gasteiger partial charge < -0.3 is 9.16 Å². The normalized spacial score (nSPS) is 37.7. The lowest BCUT2D eigenvalue weighted by molar-refractivity contribution is -0.140. The first kappa shape index (κ1) is 27.2. The molecule has 0 aromatic heterocycles. The highest BCUT2D eigenvalue weighted by Gasteiger charge is 2.53. The van der Waals surface area contributed by atoms with Crippen molar-refractivity contribution in [2.75, 3.05) is 13.2 Å². The Balaban J connectivity index is 1.68. The monoisotopic (exact) mass is 519 g/mol. The van der Waals surface area contributed by atoms with E-state index in [0.717, 1.165) is 18.5 Å². The molecule has 3 heterocycles. The molecule has 1 spiro atoms. The highest BCUT2D eigenvalue weighted by molar-refractivity contribution is 6.74. The van der Waals surface area contributed by atoms with Gasteiger partial charge in [-0.3, -0.25) is 4.90 Å². The largest absolute Gasteiger partial charge is 0.462 e. The van der Waals surface area contributed by atoms with Gasteiger partial charge in [0.25, 0.3) is 0 Å². The molecule has 35 heavy (non-hydrogen) atoms. The number of piperidine rings is 1. The van der Waals surface area contributed by atoms with E-state index in [1.165, 1.54) is 38.5 Å². The fraction of sp³-hybridized carbons (Fsp3) is 0.759. The summed E-state index contributed by atoms with van der Waals surface area (Å²) in [5.74, 6) is 0.869. The molecule has 5 atom stereocenters. The minimum Gasteiger partial charge on any atom is -0.462 e. The average Bonchev–Trinajstić information content (AvgIpc) is 3.19. The molecule has 0 amide bonds. The van der Waals surface area contributed by atoms with Crippen molar-refractivity contribution in [3.63, 3.8) is 0 Å². The maximum atomic E-state index is 13.0. The minimum atomic E-state index is -1.99. The van der Waals surface area contributed by atoms with Crippen LogP contribution in [0.5, 0.6) is 0 Å². The third kappa shape index (κ3) is 5.68. The van der Waals surface area contributed by atoms with Crippen LogP contribution in [0.1, 0.15) is 79.1 Å². The summed E-state index contributed by atoms with van der Waals surface area (Å²) in [6.45, 7) is 14.8. The van der Waals surface area contributed by atoms with Crippen LogP contribution in [-0.2, 0) is 14.0 Å². The lowest BCUT2D eigenvalue weighted by atomic mass is 9.70.